The molecule has 0 saturated carbocycles. The molecule has 5 rings (SSSR count). The fourth-order valence-corrected chi connectivity index (χ4v) is 3.39. The number of carbonyl (C=O) groups is 1. The summed E-state index contributed by atoms with van der Waals surface area (Å²) in [6.07, 6.45) is 0. The molecule has 0 atom stereocenters. The second-order valence-electron chi connectivity index (χ2n) is 6.08. The Kier molecular flexibility index (Phi) is 2.80. The summed E-state index contributed by atoms with van der Waals surface area (Å²) in [6, 6.07) is 13.9. The third-order valence-electron chi connectivity index (χ3n) is 4.49. The molecule has 0 fully saturated rings. The zero-order chi connectivity index (χ0) is 16.1. The Morgan fingerprint density at radius 2 is 1.71 bits per heavy atom. The zero-order valence-electron chi connectivity index (χ0n) is 12.8. The van der Waals surface area contributed by atoms with Crippen molar-refractivity contribution in [3.05, 3.63) is 65.0 Å². The van der Waals surface area contributed by atoms with Crippen LogP contribution < -0.4 is 0 Å². The summed E-state index contributed by atoms with van der Waals surface area (Å²) in [6.45, 7) is 2.44. The van der Waals surface area contributed by atoms with Crippen molar-refractivity contribution in [1.29, 1.82) is 0 Å². The number of benzene rings is 2. The molecule has 1 aromatic heterocycles. The minimum absolute atomic E-state index is 0.334. The van der Waals surface area contributed by atoms with E-state index >= 15 is 0 Å². The number of rotatable bonds is 2. The van der Waals surface area contributed by atoms with Gasteiger partial charge in [-0.25, -0.2) is 9.97 Å². The normalized spacial score (nSPS) is 15.9. The van der Waals surface area contributed by atoms with Crippen LogP contribution in [0.1, 0.15) is 27.3 Å². The van der Waals surface area contributed by atoms with Crippen molar-refractivity contribution in [2.24, 2.45) is 10.2 Å². The Morgan fingerprint density at radius 1 is 0.917 bits per heavy atom. The number of fused-ring (bicyclic) bond motifs is 1. The molecule has 3 aromatic rings. The molecule has 0 saturated heterocycles. The van der Waals surface area contributed by atoms with Crippen LogP contribution in [0.15, 0.2) is 52.7 Å². The number of hydrogen-bond donors (Lipinski definition) is 0. The highest BCUT2D eigenvalue weighted by atomic mass is 16.1. The third kappa shape index (κ3) is 2.04. The highest BCUT2D eigenvalue weighted by molar-refractivity contribution is 6.11. The molecule has 0 radical (unpaired) electrons. The Balaban J connectivity index is 1.51. The van der Waals surface area contributed by atoms with Gasteiger partial charge in [0.05, 0.1) is 23.0 Å². The average Bonchev–Trinajstić information content (AvgIpc) is 3.00. The van der Waals surface area contributed by atoms with Crippen LogP contribution in [0.2, 0.25) is 0 Å². The topological polar surface area (TPSA) is 70.8 Å². The van der Waals surface area contributed by atoms with E-state index in [1.165, 1.54) is 11.1 Å². The summed E-state index contributed by atoms with van der Waals surface area (Å²) < 4.78 is 0. The standard InChI is InChI=1S/C18H13N5O/c24-18-13-6-3-7-14-16(13)17(21-22-18)20-15(19-14)10-23-8-11-4-1-2-5-12(11)9-23/h1-7H,8-10H2. The van der Waals surface area contributed by atoms with Crippen molar-refractivity contribution < 1.29 is 4.79 Å². The lowest BCUT2D eigenvalue weighted by atomic mass is 10.1. The molecule has 2 aliphatic rings. The summed E-state index contributed by atoms with van der Waals surface area (Å²) in [5.41, 5.74) is 3.98. The van der Waals surface area contributed by atoms with Crippen molar-refractivity contribution in [3.63, 3.8) is 0 Å². The second-order valence-corrected chi connectivity index (χ2v) is 6.08. The van der Waals surface area contributed by atoms with Crippen LogP contribution in [0.5, 0.6) is 0 Å². The van der Waals surface area contributed by atoms with E-state index in [9.17, 15) is 4.79 Å². The SMILES string of the molecule is O=C1N=Nc2nc(CN3Cc4ccccc4C3)nc3cccc1c23. The molecule has 0 spiro atoms. The molecule has 6 nitrogen and oxygen atoms in total. The molecule has 0 unspecified atom stereocenters. The first-order valence-electron chi connectivity index (χ1n) is 7.83. The van der Waals surface area contributed by atoms with Gasteiger partial charge in [-0.1, -0.05) is 30.3 Å². The summed E-state index contributed by atoms with van der Waals surface area (Å²) >= 11 is 0. The second kappa shape index (κ2) is 5.01. The predicted octanol–water partition coefficient (Wildman–Crippen LogP) is 3.38. The predicted molar refractivity (Wildman–Crippen MR) is 87.8 cm³/mol. The molecule has 116 valence electrons. The lowest BCUT2D eigenvalue weighted by Crippen LogP contribution is -2.18. The van der Waals surface area contributed by atoms with Gasteiger partial charge in [0.25, 0.3) is 5.91 Å². The monoisotopic (exact) mass is 315 g/mol. The number of hydrogen-bond acceptors (Lipinski definition) is 5. The molecular formula is C18H13N5O. The van der Waals surface area contributed by atoms with Crippen LogP contribution in [-0.4, -0.2) is 20.8 Å². The Bertz CT molecular complexity index is 1000. The first kappa shape index (κ1) is 13.4. The van der Waals surface area contributed by atoms with Crippen LogP contribution in [0.25, 0.3) is 10.9 Å². The van der Waals surface area contributed by atoms with Gasteiger partial charge in [-0.05, 0) is 23.3 Å². The molecule has 1 amide bonds. The van der Waals surface area contributed by atoms with Crippen molar-refractivity contribution in [2.75, 3.05) is 0 Å². The summed E-state index contributed by atoms with van der Waals surface area (Å²) in [4.78, 5) is 23.3. The summed E-state index contributed by atoms with van der Waals surface area (Å²) in [5, 5.41) is 8.36. The van der Waals surface area contributed by atoms with Gasteiger partial charge in [-0.15, -0.1) is 10.2 Å². The molecule has 2 aromatic carbocycles. The lowest BCUT2D eigenvalue weighted by molar-refractivity contribution is 0.0995. The van der Waals surface area contributed by atoms with Crippen molar-refractivity contribution in [2.45, 2.75) is 19.6 Å². The van der Waals surface area contributed by atoms with Crippen LogP contribution in [0.3, 0.4) is 0 Å². The largest absolute Gasteiger partial charge is 0.296 e. The maximum atomic E-state index is 11.8. The van der Waals surface area contributed by atoms with E-state index in [0.29, 0.717) is 29.1 Å². The van der Waals surface area contributed by atoms with Gasteiger partial charge in [0.1, 0.15) is 5.82 Å². The fourth-order valence-electron chi connectivity index (χ4n) is 3.39. The zero-order valence-corrected chi connectivity index (χ0v) is 12.8. The van der Waals surface area contributed by atoms with Gasteiger partial charge < -0.3 is 0 Å². The number of amides is 1. The smallest absolute Gasteiger partial charge is 0.287 e. The van der Waals surface area contributed by atoms with Crippen molar-refractivity contribution >= 4 is 22.6 Å². The van der Waals surface area contributed by atoms with Gasteiger partial charge in [-0.2, -0.15) is 0 Å². The highest BCUT2D eigenvalue weighted by Crippen LogP contribution is 2.31. The van der Waals surface area contributed by atoms with E-state index in [-0.39, 0.29) is 5.91 Å². The van der Waals surface area contributed by atoms with Crippen molar-refractivity contribution in [1.82, 2.24) is 14.9 Å². The first-order valence-corrected chi connectivity index (χ1v) is 7.83. The maximum Gasteiger partial charge on any atom is 0.296 e. The third-order valence-corrected chi connectivity index (χ3v) is 4.49. The van der Waals surface area contributed by atoms with Gasteiger partial charge in [0.2, 0.25) is 0 Å². The molecule has 0 N–H and O–H groups in total. The molecule has 24 heavy (non-hydrogen) atoms. The van der Waals surface area contributed by atoms with E-state index in [2.05, 4.69) is 49.4 Å². The number of carbonyl (C=O) groups excluding carboxylic acids is 1. The first-order chi connectivity index (χ1) is 11.8. The quantitative estimate of drug-likeness (QED) is 0.727. The van der Waals surface area contributed by atoms with E-state index < -0.39 is 0 Å². The summed E-state index contributed by atoms with van der Waals surface area (Å²) in [7, 11) is 0. The average molecular weight is 315 g/mol. The highest BCUT2D eigenvalue weighted by Gasteiger charge is 2.23. The Hall–Kier alpha value is -2.99. The van der Waals surface area contributed by atoms with Crippen LogP contribution in [0, 0.1) is 0 Å². The number of azo groups is 1. The van der Waals surface area contributed by atoms with Crippen LogP contribution in [0.4, 0.5) is 5.82 Å². The molecule has 3 heterocycles. The molecule has 0 bridgehead atoms. The molecular weight excluding hydrogens is 302 g/mol. The molecule has 2 aliphatic heterocycles. The minimum atomic E-state index is -0.334. The van der Waals surface area contributed by atoms with E-state index in [4.69, 9.17) is 0 Å². The van der Waals surface area contributed by atoms with Crippen LogP contribution in [-0.2, 0) is 19.6 Å². The summed E-state index contributed by atoms with van der Waals surface area (Å²) in [5.74, 6) is 0.858. The number of aromatic nitrogens is 2. The van der Waals surface area contributed by atoms with Gasteiger partial charge in [-0.3, -0.25) is 9.69 Å². The fraction of sp³-hybridized carbons (Fsp3) is 0.167. The van der Waals surface area contributed by atoms with Gasteiger partial charge in [0, 0.05) is 13.1 Å². The van der Waals surface area contributed by atoms with Crippen molar-refractivity contribution in [3.8, 4) is 0 Å². The van der Waals surface area contributed by atoms with Crippen LogP contribution >= 0.6 is 0 Å². The Morgan fingerprint density at radius 3 is 2.50 bits per heavy atom. The van der Waals surface area contributed by atoms with Gasteiger partial charge >= 0.3 is 0 Å². The molecule has 6 heteroatoms. The lowest BCUT2D eigenvalue weighted by Gasteiger charge is -2.15. The maximum absolute atomic E-state index is 11.8. The number of nitrogens with zero attached hydrogens (tertiary/aromatic N) is 5. The van der Waals surface area contributed by atoms with Gasteiger partial charge in [0.15, 0.2) is 5.82 Å². The van der Waals surface area contributed by atoms with E-state index in [1.807, 2.05) is 12.1 Å². The van der Waals surface area contributed by atoms with E-state index in [0.717, 1.165) is 18.6 Å². The Labute approximate surface area is 137 Å². The van der Waals surface area contributed by atoms with E-state index in [1.54, 1.807) is 6.07 Å². The minimum Gasteiger partial charge on any atom is -0.287 e. The molecule has 0 aliphatic carbocycles.